The summed E-state index contributed by atoms with van der Waals surface area (Å²) in [6.45, 7) is 0. The Kier molecular flexibility index (Phi) is 3.48. The third-order valence-corrected chi connectivity index (χ3v) is 2.85. The molecule has 2 nitrogen and oxygen atoms in total. The van der Waals surface area contributed by atoms with E-state index in [2.05, 4.69) is 0 Å². The quantitative estimate of drug-likeness (QED) is 0.737. The van der Waals surface area contributed by atoms with Gasteiger partial charge in [-0.2, -0.15) is 0 Å². The van der Waals surface area contributed by atoms with Gasteiger partial charge in [-0.3, -0.25) is 0 Å². The van der Waals surface area contributed by atoms with Gasteiger partial charge in [-0.15, -0.1) is 0 Å². The fraction of sp³-hybridized carbons (Fsp3) is 0.400. The molecular weight excluding hydrogens is 184 g/mol. The molecule has 0 unspecified atom stereocenters. The number of hydrogen-bond acceptors (Lipinski definition) is 2. The zero-order chi connectivity index (χ0) is 9.73. The zero-order valence-corrected chi connectivity index (χ0v) is 8.55. The maximum absolute atomic E-state index is 10.8. The standard InChI is InChI=1S/C10H14O2S/c1-13(11,12)9-5-8-10-6-3-2-4-7-10/h2-4,6-7H,5,8-9H2,1H3. The van der Waals surface area contributed by atoms with E-state index in [0.29, 0.717) is 6.42 Å². The molecule has 0 N–H and O–H groups in total. The highest BCUT2D eigenvalue weighted by atomic mass is 32.2. The van der Waals surface area contributed by atoms with Gasteiger partial charge in [-0.05, 0) is 18.4 Å². The van der Waals surface area contributed by atoms with E-state index in [1.54, 1.807) is 0 Å². The summed E-state index contributed by atoms with van der Waals surface area (Å²) in [5.74, 6) is 0.280. The Morgan fingerprint density at radius 3 is 2.31 bits per heavy atom. The molecule has 0 saturated heterocycles. The number of rotatable bonds is 4. The fourth-order valence-corrected chi connectivity index (χ4v) is 1.85. The van der Waals surface area contributed by atoms with Gasteiger partial charge in [0, 0.05) is 6.26 Å². The van der Waals surface area contributed by atoms with Crippen LogP contribution >= 0.6 is 0 Å². The zero-order valence-electron chi connectivity index (χ0n) is 7.73. The first-order valence-corrected chi connectivity index (χ1v) is 6.36. The van der Waals surface area contributed by atoms with Crippen molar-refractivity contribution in [1.82, 2.24) is 0 Å². The molecule has 1 aromatic carbocycles. The largest absolute Gasteiger partial charge is 0.229 e. The van der Waals surface area contributed by atoms with Gasteiger partial charge < -0.3 is 0 Å². The molecule has 0 atom stereocenters. The van der Waals surface area contributed by atoms with Crippen molar-refractivity contribution >= 4 is 9.84 Å². The van der Waals surface area contributed by atoms with Gasteiger partial charge in [-0.1, -0.05) is 30.3 Å². The Morgan fingerprint density at radius 2 is 1.77 bits per heavy atom. The van der Waals surface area contributed by atoms with Crippen LogP contribution in [0.1, 0.15) is 12.0 Å². The van der Waals surface area contributed by atoms with Crippen LogP contribution in [0, 0.1) is 0 Å². The van der Waals surface area contributed by atoms with Crippen LogP contribution in [-0.2, 0) is 16.3 Å². The molecule has 0 bridgehead atoms. The molecule has 72 valence electrons. The lowest BCUT2D eigenvalue weighted by molar-refractivity contribution is 0.599. The van der Waals surface area contributed by atoms with Gasteiger partial charge in [-0.25, -0.2) is 8.42 Å². The summed E-state index contributed by atoms with van der Waals surface area (Å²) in [7, 11) is -2.79. The minimum atomic E-state index is -2.79. The van der Waals surface area contributed by atoms with Crippen LogP contribution in [0.2, 0.25) is 0 Å². The smallest absolute Gasteiger partial charge is 0.147 e. The van der Waals surface area contributed by atoms with Crippen LogP contribution in [0.5, 0.6) is 0 Å². The van der Waals surface area contributed by atoms with E-state index in [9.17, 15) is 8.42 Å². The third-order valence-electron chi connectivity index (χ3n) is 1.82. The molecule has 13 heavy (non-hydrogen) atoms. The number of hydrogen-bond donors (Lipinski definition) is 0. The lowest BCUT2D eigenvalue weighted by Crippen LogP contribution is -2.03. The van der Waals surface area contributed by atoms with Crippen molar-refractivity contribution in [2.24, 2.45) is 0 Å². The molecule has 0 amide bonds. The monoisotopic (exact) mass is 198 g/mol. The van der Waals surface area contributed by atoms with Crippen molar-refractivity contribution in [2.45, 2.75) is 12.8 Å². The average molecular weight is 198 g/mol. The van der Waals surface area contributed by atoms with E-state index in [-0.39, 0.29) is 5.75 Å². The van der Waals surface area contributed by atoms with E-state index in [0.717, 1.165) is 6.42 Å². The van der Waals surface area contributed by atoms with E-state index < -0.39 is 9.84 Å². The van der Waals surface area contributed by atoms with Gasteiger partial charge in [0.25, 0.3) is 0 Å². The molecule has 1 rings (SSSR count). The molecule has 0 aliphatic carbocycles. The molecule has 3 heteroatoms. The summed E-state index contributed by atoms with van der Waals surface area (Å²) in [6.07, 6.45) is 2.83. The minimum absolute atomic E-state index is 0.280. The topological polar surface area (TPSA) is 34.1 Å². The van der Waals surface area contributed by atoms with E-state index in [4.69, 9.17) is 0 Å². The van der Waals surface area contributed by atoms with Gasteiger partial charge in [0.15, 0.2) is 0 Å². The summed E-state index contributed by atoms with van der Waals surface area (Å²) in [4.78, 5) is 0. The Morgan fingerprint density at radius 1 is 1.15 bits per heavy atom. The molecule has 0 fully saturated rings. The van der Waals surface area contributed by atoms with Crippen LogP contribution in [-0.4, -0.2) is 20.4 Å². The summed E-state index contributed by atoms with van der Waals surface area (Å²) in [6, 6.07) is 9.93. The predicted octanol–water partition coefficient (Wildman–Crippen LogP) is 1.66. The van der Waals surface area contributed by atoms with E-state index in [1.807, 2.05) is 30.3 Å². The summed E-state index contributed by atoms with van der Waals surface area (Å²) < 4.78 is 21.6. The first-order valence-electron chi connectivity index (χ1n) is 4.29. The predicted molar refractivity (Wildman–Crippen MR) is 54.5 cm³/mol. The van der Waals surface area contributed by atoms with Gasteiger partial charge in [0.1, 0.15) is 9.84 Å². The first-order chi connectivity index (χ1) is 6.08. The Balaban J connectivity index is 2.37. The van der Waals surface area contributed by atoms with E-state index >= 15 is 0 Å². The summed E-state index contributed by atoms with van der Waals surface area (Å²) in [5.41, 5.74) is 1.20. The van der Waals surface area contributed by atoms with Crippen molar-refractivity contribution < 1.29 is 8.42 Å². The molecule has 0 aliphatic heterocycles. The SMILES string of the molecule is CS(=O)(=O)CCCc1ccccc1. The molecule has 0 aliphatic rings. The van der Waals surface area contributed by atoms with Crippen molar-refractivity contribution in [3.05, 3.63) is 35.9 Å². The molecule has 1 aromatic rings. The van der Waals surface area contributed by atoms with Crippen molar-refractivity contribution in [3.8, 4) is 0 Å². The van der Waals surface area contributed by atoms with Gasteiger partial charge >= 0.3 is 0 Å². The van der Waals surface area contributed by atoms with Gasteiger partial charge in [0.2, 0.25) is 0 Å². The summed E-state index contributed by atoms with van der Waals surface area (Å²) in [5, 5.41) is 0. The Labute approximate surface area is 79.5 Å². The highest BCUT2D eigenvalue weighted by Crippen LogP contribution is 2.03. The van der Waals surface area contributed by atoms with Crippen molar-refractivity contribution in [2.75, 3.05) is 12.0 Å². The fourth-order valence-electron chi connectivity index (χ4n) is 1.18. The number of benzene rings is 1. The lowest BCUT2D eigenvalue weighted by atomic mass is 10.1. The minimum Gasteiger partial charge on any atom is -0.229 e. The maximum atomic E-state index is 10.8. The molecule has 0 radical (unpaired) electrons. The Hall–Kier alpha value is -0.830. The first kappa shape index (κ1) is 10.3. The van der Waals surface area contributed by atoms with Crippen molar-refractivity contribution in [3.63, 3.8) is 0 Å². The normalized spacial score (nSPS) is 11.5. The number of aryl methyl sites for hydroxylation is 1. The molecular formula is C10H14O2S. The highest BCUT2D eigenvalue weighted by Gasteiger charge is 2.01. The molecule has 0 heterocycles. The molecule has 0 saturated carbocycles. The third kappa shape index (κ3) is 4.68. The van der Waals surface area contributed by atoms with Crippen LogP contribution in [0.25, 0.3) is 0 Å². The lowest BCUT2D eigenvalue weighted by Gasteiger charge is -1.99. The second kappa shape index (κ2) is 4.42. The number of sulfone groups is 1. The van der Waals surface area contributed by atoms with Crippen molar-refractivity contribution in [1.29, 1.82) is 0 Å². The Bertz CT molecular complexity index is 340. The maximum Gasteiger partial charge on any atom is 0.147 e. The highest BCUT2D eigenvalue weighted by molar-refractivity contribution is 7.90. The second-order valence-corrected chi connectivity index (χ2v) is 5.48. The van der Waals surface area contributed by atoms with Gasteiger partial charge in [0.05, 0.1) is 5.75 Å². The molecule has 0 aromatic heterocycles. The summed E-state index contributed by atoms with van der Waals surface area (Å²) >= 11 is 0. The average Bonchev–Trinajstić information content (AvgIpc) is 2.04. The van der Waals surface area contributed by atoms with Crippen LogP contribution in [0.3, 0.4) is 0 Å². The molecule has 0 spiro atoms. The van der Waals surface area contributed by atoms with E-state index in [1.165, 1.54) is 11.8 Å². The second-order valence-electron chi connectivity index (χ2n) is 3.22. The van der Waals surface area contributed by atoms with Crippen LogP contribution < -0.4 is 0 Å². The van der Waals surface area contributed by atoms with Crippen LogP contribution in [0.15, 0.2) is 30.3 Å². The van der Waals surface area contributed by atoms with Crippen LogP contribution in [0.4, 0.5) is 0 Å².